The topological polar surface area (TPSA) is 35.5 Å². The van der Waals surface area contributed by atoms with E-state index in [0.717, 1.165) is 67.6 Å². The first-order valence-electron chi connectivity index (χ1n) is 11.8. The van der Waals surface area contributed by atoms with Crippen molar-refractivity contribution in [2.45, 2.75) is 50.9 Å². The van der Waals surface area contributed by atoms with Crippen LogP contribution in [-0.4, -0.2) is 65.1 Å². The van der Waals surface area contributed by atoms with Crippen molar-refractivity contribution in [1.82, 2.24) is 19.8 Å². The van der Waals surface area contributed by atoms with Crippen molar-refractivity contribution in [3.05, 3.63) is 52.6 Å². The van der Waals surface area contributed by atoms with E-state index in [9.17, 15) is 17.6 Å². The SMILES string of the molecule is Fc1cccc(C(F)(F)F)c1CN1CCc2cnc(N3CCN(C4CCC4)CC3)nc2CC1. The average Bonchev–Trinajstić information content (AvgIpc) is 2.95. The van der Waals surface area contributed by atoms with Gasteiger partial charge in [-0.3, -0.25) is 9.80 Å². The molecule has 3 heterocycles. The molecule has 0 spiro atoms. The fraction of sp³-hybridized carbons (Fsp3) is 0.583. The van der Waals surface area contributed by atoms with Gasteiger partial charge in [0.05, 0.1) is 11.3 Å². The van der Waals surface area contributed by atoms with Gasteiger partial charge < -0.3 is 4.90 Å². The lowest BCUT2D eigenvalue weighted by Crippen LogP contribution is -2.52. The summed E-state index contributed by atoms with van der Waals surface area (Å²) in [4.78, 5) is 16.1. The van der Waals surface area contributed by atoms with Gasteiger partial charge in [0.15, 0.2) is 0 Å². The minimum atomic E-state index is -4.57. The summed E-state index contributed by atoms with van der Waals surface area (Å²) in [6, 6.07) is 3.91. The van der Waals surface area contributed by atoms with Crippen LogP contribution in [0.4, 0.5) is 23.5 Å². The molecule has 2 fully saturated rings. The summed E-state index contributed by atoms with van der Waals surface area (Å²) >= 11 is 0. The number of fused-ring (bicyclic) bond motifs is 1. The maximum Gasteiger partial charge on any atom is 0.416 e. The highest BCUT2D eigenvalue weighted by Crippen LogP contribution is 2.34. The molecule has 1 saturated carbocycles. The number of rotatable bonds is 4. The standard InChI is InChI=1S/C24H29F4N5/c25-21-6-2-5-20(24(26,27)28)19(21)16-31-9-7-17-15-29-23(30-22(17)8-10-31)33-13-11-32(12-14-33)18-3-1-4-18/h2,5-6,15,18H,1,3-4,7-14,16H2. The summed E-state index contributed by atoms with van der Waals surface area (Å²) < 4.78 is 54.4. The number of nitrogens with zero attached hydrogens (tertiary/aromatic N) is 5. The molecule has 1 saturated heterocycles. The second-order valence-corrected chi connectivity index (χ2v) is 9.29. The van der Waals surface area contributed by atoms with Crippen molar-refractivity contribution in [3.8, 4) is 0 Å². The van der Waals surface area contributed by atoms with E-state index in [1.54, 1.807) is 0 Å². The van der Waals surface area contributed by atoms with Crippen molar-refractivity contribution in [1.29, 1.82) is 0 Å². The molecule has 0 atom stereocenters. The molecule has 178 valence electrons. The molecule has 33 heavy (non-hydrogen) atoms. The number of anilines is 1. The summed E-state index contributed by atoms with van der Waals surface area (Å²) in [5.41, 5.74) is 0.798. The minimum Gasteiger partial charge on any atom is -0.338 e. The largest absolute Gasteiger partial charge is 0.416 e. The number of hydrogen-bond acceptors (Lipinski definition) is 5. The van der Waals surface area contributed by atoms with Crippen LogP contribution < -0.4 is 4.90 Å². The Morgan fingerprint density at radius 3 is 2.42 bits per heavy atom. The highest BCUT2D eigenvalue weighted by molar-refractivity contribution is 5.35. The Morgan fingerprint density at radius 1 is 0.970 bits per heavy atom. The zero-order valence-electron chi connectivity index (χ0n) is 18.6. The van der Waals surface area contributed by atoms with Crippen LogP contribution in [0.3, 0.4) is 0 Å². The molecule has 1 aromatic heterocycles. The second-order valence-electron chi connectivity index (χ2n) is 9.29. The molecule has 1 aromatic carbocycles. The Bertz CT molecular complexity index is 983. The molecule has 3 aliphatic rings. The first-order chi connectivity index (χ1) is 15.9. The number of piperazine rings is 1. The van der Waals surface area contributed by atoms with Crippen LogP contribution in [0.25, 0.3) is 0 Å². The average molecular weight is 464 g/mol. The molecule has 5 nitrogen and oxygen atoms in total. The van der Waals surface area contributed by atoms with Gasteiger partial charge in [-0.15, -0.1) is 0 Å². The van der Waals surface area contributed by atoms with Gasteiger partial charge in [-0.25, -0.2) is 14.4 Å². The molecule has 0 unspecified atom stereocenters. The van der Waals surface area contributed by atoms with E-state index in [1.807, 2.05) is 11.1 Å². The zero-order chi connectivity index (χ0) is 23.0. The predicted octanol–water partition coefficient (Wildman–Crippen LogP) is 3.91. The zero-order valence-corrected chi connectivity index (χ0v) is 18.6. The molecule has 0 N–H and O–H groups in total. The lowest BCUT2D eigenvalue weighted by atomic mass is 9.91. The van der Waals surface area contributed by atoms with Crippen molar-refractivity contribution < 1.29 is 17.6 Å². The van der Waals surface area contributed by atoms with E-state index in [4.69, 9.17) is 4.98 Å². The predicted molar refractivity (Wildman–Crippen MR) is 118 cm³/mol. The third kappa shape index (κ3) is 4.84. The van der Waals surface area contributed by atoms with Crippen LogP contribution in [0, 0.1) is 5.82 Å². The van der Waals surface area contributed by atoms with Crippen molar-refractivity contribution >= 4 is 5.95 Å². The molecule has 0 amide bonds. The van der Waals surface area contributed by atoms with Crippen LogP contribution in [0.2, 0.25) is 0 Å². The number of hydrogen-bond donors (Lipinski definition) is 0. The first-order valence-corrected chi connectivity index (χ1v) is 11.8. The maximum atomic E-state index is 14.3. The Kier molecular flexibility index (Phi) is 6.26. The van der Waals surface area contributed by atoms with Gasteiger partial charge in [0.1, 0.15) is 5.82 Å². The van der Waals surface area contributed by atoms with Crippen LogP contribution in [-0.2, 0) is 25.6 Å². The number of alkyl halides is 3. The van der Waals surface area contributed by atoms with Crippen LogP contribution in [0.15, 0.2) is 24.4 Å². The molecule has 9 heteroatoms. The quantitative estimate of drug-likeness (QED) is 0.643. The van der Waals surface area contributed by atoms with Gasteiger partial charge in [0.2, 0.25) is 5.95 Å². The summed E-state index contributed by atoms with van der Waals surface area (Å²) in [6.45, 7) is 4.89. The van der Waals surface area contributed by atoms with Crippen LogP contribution in [0.5, 0.6) is 0 Å². The minimum absolute atomic E-state index is 0.0705. The van der Waals surface area contributed by atoms with Gasteiger partial charge in [-0.2, -0.15) is 13.2 Å². The van der Waals surface area contributed by atoms with E-state index in [-0.39, 0.29) is 12.1 Å². The molecule has 2 aliphatic heterocycles. The molecule has 2 aromatic rings. The Labute approximate surface area is 191 Å². The Morgan fingerprint density at radius 2 is 1.73 bits per heavy atom. The molecular formula is C24H29F4N5. The second kappa shape index (κ2) is 9.18. The number of benzene rings is 1. The fourth-order valence-corrected chi connectivity index (χ4v) is 5.07. The lowest BCUT2D eigenvalue weighted by molar-refractivity contribution is -0.138. The molecular weight excluding hydrogens is 434 g/mol. The smallest absolute Gasteiger partial charge is 0.338 e. The summed E-state index contributed by atoms with van der Waals surface area (Å²) in [7, 11) is 0. The highest BCUT2D eigenvalue weighted by atomic mass is 19.4. The third-order valence-electron chi connectivity index (χ3n) is 7.30. The summed E-state index contributed by atoms with van der Waals surface area (Å²) in [6.07, 6.45) is 2.50. The number of aromatic nitrogens is 2. The summed E-state index contributed by atoms with van der Waals surface area (Å²) in [5, 5.41) is 0. The fourth-order valence-electron chi connectivity index (χ4n) is 5.07. The van der Waals surface area contributed by atoms with E-state index in [0.29, 0.717) is 25.9 Å². The molecule has 1 aliphatic carbocycles. The van der Waals surface area contributed by atoms with Gasteiger partial charge in [-0.05, 0) is 37.0 Å². The first kappa shape index (κ1) is 22.5. The Hall–Kier alpha value is -2.26. The van der Waals surface area contributed by atoms with Crippen molar-refractivity contribution in [2.75, 3.05) is 44.2 Å². The molecule has 0 radical (unpaired) electrons. The van der Waals surface area contributed by atoms with Crippen LogP contribution >= 0.6 is 0 Å². The molecule has 0 bridgehead atoms. The van der Waals surface area contributed by atoms with Crippen molar-refractivity contribution in [3.63, 3.8) is 0 Å². The van der Waals surface area contributed by atoms with E-state index in [1.165, 1.54) is 19.3 Å². The van der Waals surface area contributed by atoms with Crippen molar-refractivity contribution in [2.24, 2.45) is 0 Å². The normalized spacial score (nSPS) is 20.9. The third-order valence-corrected chi connectivity index (χ3v) is 7.30. The maximum absolute atomic E-state index is 14.3. The van der Waals surface area contributed by atoms with Gasteiger partial charge >= 0.3 is 6.18 Å². The monoisotopic (exact) mass is 463 g/mol. The van der Waals surface area contributed by atoms with Gasteiger partial charge in [0.25, 0.3) is 0 Å². The summed E-state index contributed by atoms with van der Waals surface area (Å²) in [5.74, 6) is -0.0707. The lowest BCUT2D eigenvalue weighted by Gasteiger charge is -2.43. The Balaban J connectivity index is 1.24. The van der Waals surface area contributed by atoms with Crippen LogP contribution in [0.1, 0.15) is 41.6 Å². The van der Waals surface area contributed by atoms with Gasteiger partial charge in [-0.1, -0.05) is 12.5 Å². The molecule has 5 rings (SSSR count). The highest BCUT2D eigenvalue weighted by Gasteiger charge is 2.35. The van der Waals surface area contributed by atoms with E-state index >= 15 is 0 Å². The number of halogens is 4. The van der Waals surface area contributed by atoms with E-state index in [2.05, 4.69) is 14.8 Å². The van der Waals surface area contributed by atoms with Gasteiger partial charge in [0, 0.05) is 70.0 Å². The van der Waals surface area contributed by atoms with E-state index < -0.39 is 17.6 Å².